The van der Waals surface area contributed by atoms with Crippen molar-refractivity contribution in [2.75, 3.05) is 11.9 Å². The zero-order valence-corrected chi connectivity index (χ0v) is 9.26. The number of aromatic nitrogens is 1. The van der Waals surface area contributed by atoms with Crippen LogP contribution in [0.15, 0.2) is 42.6 Å². The molecule has 1 aromatic carbocycles. The molecular weight excluding hydrogens is 217 g/mol. The first-order valence-corrected chi connectivity index (χ1v) is 5.06. The molecule has 2 rings (SSSR count). The highest BCUT2D eigenvalue weighted by Crippen LogP contribution is 2.23. The van der Waals surface area contributed by atoms with Crippen molar-refractivity contribution in [3.05, 3.63) is 54.1 Å². The summed E-state index contributed by atoms with van der Waals surface area (Å²) in [6.07, 6.45) is 1.58. The molecule has 3 nitrogen and oxygen atoms in total. The fraction of sp³-hybridized carbons (Fsp3) is 0.0769. The lowest BCUT2D eigenvalue weighted by Crippen LogP contribution is -2.09. The van der Waals surface area contributed by atoms with Crippen molar-refractivity contribution in [2.45, 2.75) is 0 Å². The normalized spacial score (nSPS) is 9.71. The Balaban J connectivity index is 2.33. The summed E-state index contributed by atoms with van der Waals surface area (Å²) in [5.74, 6) is -0.269. The molecule has 4 heteroatoms. The van der Waals surface area contributed by atoms with Crippen molar-refractivity contribution in [2.24, 2.45) is 0 Å². The molecule has 0 saturated carbocycles. The maximum absolute atomic E-state index is 12.8. The van der Waals surface area contributed by atoms with Crippen LogP contribution < -0.4 is 4.90 Å². The van der Waals surface area contributed by atoms with Crippen LogP contribution in [0.2, 0.25) is 0 Å². The van der Waals surface area contributed by atoms with Gasteiger partial charge in [-0.2, -0.15) is 5.26 Å². The molecule has 84 valence electrons. The Kier molecular flexibility index (Phi) is 3.01. The third-order valence-electron chi connectivity index (χ3n) is 2.46. The lowest BCUT2D eigenvalue weighted by molar-refractivity contribution is 0.628. The average Bonchev–Trinajstić information content (AvgIpc) is 2.39. The largest absolute Gasteiger partial charge is 0.344 e. The van der Waals surface area contributed by atoms with E-state index in [4.69, 9.17) is 5.26 Å². The van der Waals surface area contributed by atoms with Crippen LogP contribution in [-0.2, 0) is 0 Å². The van der Waals surface area contributed by atoms with Gasteiger partial charge in [-0.15, -0.1) is 0 Å². The standard InChI is InChI=1S/C13H10FN3/c1-17(12-4-2-10(14)3-5-12)13-6-7-16-11(8-13)9-15/h2-8H,1H3. The van der Waals surface area contributed by atoms with E-state index in [2.05, 4.69) is 4.98 Å². The number of nitrogens with zero attached hydrogens (tertiary/aromatic N) is 3. The van der Waals surface area contributed by atoms with Crippen LogP contribution in [-0.4, -0.2) is 12.0 Å². The zero-order valence-electron chi connectivity index (χ0n) is 9.26. The van der Waals surface area contributed by atoms with E-state index in [0.29, 0.717) is 5.69 Å². The molecule has 0 aliphatic heterocycles. The highest BCUT2D eigenvalue weighted by molar-refractivity contribution is 5.62. The van der Waals surface area contributed by atoms with E-state index in [-0.39, 0.29) is 5.82 Å². The van der Waals surface area contributed by atoms with Crippen molar-refractivity contribution >= 4 is 11.4 Å². The Labute approximate surface area is 98.8 Å². The Morgan fingerprint density at radius 2 is 1.88 bits per heavy atom. The van der Waals surface area contributed by atoms with Crippen LogP contribution in [0.1, 0.15) is 5.69 Å². The fourth-order valence-corrected chi connectivity index (χ4v) is 1.50. The number of hydrogen-bond donors (Lipinski definition) is 0. The monoisotopic (exact) mass is 227 g/mol. The van der Waals surface area contributed by atoms with Gasteiger partial charge in [-0.3, -0.25) is 0 Å². The molecule has 0 unspecified atom stereocenters. The third-order valence-corrected chi connectivity index (χ3v) is 2.46. The molecule has 0 atom stereocenters. The summed E-state index contributed by atoms with van der Waals surface area (Å²) in [7, 11) is 1.85. The Hall–Kier alpha value is -2.41. The predicted molar refractivity (Wildman–Crippen MR) is 63.4 cm³/mol. The van der Waals surface area contributed by atoms with Gasteiger partial charge >= 0.3 is 0 Å². The summed E-state index contributed by atoms with van der Waals surface area (Å²) < 4.78 is 12.8. The van der Waals surface area contributed by atoms with Crippen molar-refractivity contribution < 1.29 is 4.39 Å². The quantitative estimate of drug-likeness (QED) is 0.792. The minimum absolute atomic E-state index is 0.269. The van der Waals surface area contributed by atoms with Crippen molar-refractivity contribution in [3.63, 3.8) is 0 Å². The van der Waals surface area contributed by atoms with Crippen molar-refractivity contribution in [3.8, 4) is 6.07 Å². The predicted octanol–water partition coefficient (Wildman–Crippen LogP) is 2.86. The van der Waals surface area contributed by atoms with Crippen molar-refractivity contribution in [1.82, 2.24) is 4.98 Å². The molecule has 0 N–H and O–H groups in total. The molecular formula is C13H10FN3. The first-order valence-electron chi connectivity index (χ1n) is 5.06. The van der Waals surface area contributed by atoms with E-state index >= 15 is 0 Å². The summed E-state index contributed by atoms with van der Waals surface area (Å²) in [6.45, 7) is 0. The molecule has 1 heterocycles. The number of rotatable bonds is 2. The maximum atomic E-state index is 12.8. The van der Waals surface area contributed by atoms with Crippen LogP contribution in [0.4, 0.5) is 15.8 Å². The summed E-state index contributed by atoms with van der Waals surface area (Å²) in [6, 6.07) is 11.6. The second-order valence-electron chi connectivity index (χ2n) is 3.55. The maximum Gasteiger partial charge on any atom is 0.142 e. The number of nitriles is 1. The second kappa shape index (κ2) is 4.62. The minimum Gasteiger partial charge on any atom is -0.344 e. The number of halogens is 1. The zero-order chi connectivity index (χ0) is 12.3. The van der Waals surface area contributed by atoms with Gasteiger partial charge in [0.1, 0.15) is 17.6 Å². The number of pyridine rings is 1. The van der Waals surface area contributed by atoms with Gasteiger partial charge in [-0.25, -0.2) is 9.37 Å². The molecule has 17 heavy (non-hydrogen) atoms. The van der Waals surface area contributed by atoms with Gasteiger partial charge in [0.2, 0.25) is 0 Å². The van der Waals surface area contributed by atoms with Crippen LogP contribution in [0.5, 0.6) is 0 Å². The van der Waals surface area contributed by atoms with Crippen LogP contribution >= 0.6 is 0 Å². The van der Waals surface area contributed by atoms with E-state index in [9.17, 15) is 4.39 Å². The molecule has 2 aromatic rings. The van der Waals surface area contributed by atoms with Crippen LogP contribution in [0.3, 0.4) is 0 Å². The highest BCUT2D eigenvalue weighted by atomic mass is 19.1. The van der Waals surface area contributed by atoms with Gasteiger partial charge in [0.15, 0.2) is 0 Å². The van der Waals surface area contributed by atoms with E-state index in [0.717, 1.165) is 11.4 Å². The van der Waals surface area contributed by atoms with Gasteiger partial charge < -0.3 is 4.90 Å². The first kappa shape index (κ1) is 11.1. The minimum atomic E-state index is -0.269. The third kappa shape index (κ3) is 2.40. The molecule has 0 fully saturated rings. The summed E-state index contributed by atoms with van der Waals surface area (Å²) in [5.41, 5.74) is 2.04. The number of anilines is 2. The highest BCUT2D eigenvalue weighted by Gasteiger charge is 2.05. The Morgan fingerprint density at radius 1 is 1.18 bits per heavy atom. The second-order valence-corrected chi connectivity index (χ2v) is 3.55. The summed E-state index contributed by atoms with van der Waals surface area (Å²) in [5, 5.41) is 8.77. The van der Waals surface area contributed by atoms with Gasteiger partial charge in [0, 0.05) is 24.6 Å². The molecule has 0 radical (unpaired) electrons. The number of hydrogen-bond acceptors (Lipinski definition) is 3. The molecule has 1 aromatic heterocycles. The molecule has 0 amide bonds. The fourth-order valence-electron chi connectivity index (χ4n) is 1.50. The van der Waals surface area contributed by atoms with Gasteiger partial charge in [-0.1, -0.05) is 0 Å². The molecule has 0 spiro atoms. The smallest absolute Gasteiger partial charge is 0.142 e. The van der Waals surface area contributed by atoms with Gasteiger partial charge in [-0.05, 0) is 36.4 Å². The van der Waals surface area contributed by atoms with Crippen molar-refractivity contribution in [1.29, 1.82) is 5.26 Å². The number of benzene rings is 1. The average molecular weight is 227 g/mol. The molecule has 0 saturated heterocycles. The molecule has 0 bridgehead atoms. The van der Waals surface area contributed by atoms with Crippen LogP contribution in [0.25, 0.3) is 0 Å². The van der Waals surface area contributed by atoms with Gasteiger partial charge in [0.25, 0.3) is 0 Å². The first-order chi connectivity index (χ1) is 8.20. The topological polar surface area (TPSA) is 39.9 Å². The SMILES string of the molecule is CN(c1ccc(F)cc1)c1ccnc(C#N)c1. The van der Waals surface area contributed by atoms with Gasteiger partial charge in [0.05, 0.1) is 0 Å². The van der Waals surface area contributed by atoms with E-state index in [1.807, 2.05) is 18.0 Å². The molecule has 0 aliphatic carbocycles. The van der Waals surface area contributed by atoms with Crippen LogP contribution in [0, 0.1) is 17.1 Å². The van der Waals surface area contributed by atoms with E-state index in [1.165, 1.54) is 12.1 Å². The molecule has 0 aliphatic rings. The summed E-state index contributed by atoms with van der Waals surface area (Å²) in [4.78, 5) is 5.76. The van der Waals surface area contributed by atoms with E-state index < -0.39 is 0 Å². The summed E-state index contributed by atoms with van der Waals surface area (Å²) >= 11 is 0. The lowest BCUT2D eigenvalue weighted by Gasteiger charge is -2.19. The Morgan fingerprint density at radius 3 is 2.53 bits per heavy atom. The Bertz CT molecular complexity index is 558. The lowest BCUT2D eigenvalue weighted by atomic mass is 10.2. The van der Waals surface area contributed by atoms with E-state index in [1.54, 1.807) is 30.5 Å².